The SMILES string of the molecule is CN/N=C(\C(=N)c1ccnc(Cl)c1F)C(C)NC1CC1. The van der Waals surface area contributed by atoms with Gasteiger partial charge in [0.1, 0.15) is 5.71 Å². The van der Waals surface area contributed by atoms with E-state index in [9.17, 15) is 4.39 Å². The van der Waals surface area contributed by atoms with Crippen LogP contribution in [0.2, 0.25) is 5.15 Å². The predicted molar refractivity (Wildman–Crippen MR) is 78.1 cm³/mol. The van der Waals surface area contributed by atoms with Gasteiger partial charge in [0, 0.05) is 24.8 Å². The number of nitrogens with one attached hydrogen (secondary N) is 3. The average molecular weight is 298 g/mol. The summed E-state index contributed by atoms with van der Waals surface area (Å²) in [7, 11) is 1.65. The number of aromatic nitrogens is 1. The van der Waals surface area contributed by atoms with Gasteiger partial charge in [0.25, 0.3) is 0 Å². The van der Waals surface area contributed by atoms with Crippen molar-refractivity contribution in [2.24, 2.45) is 5.10 Å². The Hall–Kier alpha value is -1.53. The molecular weight excluding hydrogens is 281 g/mol. The molecule has 5 nitrogen and oxygen atoms in total. The lowest BCUT2D eigenvalue weighted by Crippen LogP contribution is -2.41. The zero-order valence-corrected chi connectivity index (χ0v) is 12.1. The second kappa shape index (κ2) is 6.28. The smallest absolute Gasteiger partial charge is 0.169 e. The second-order valence-electron chi connectivity index (χ2n) is 4.72. The maximum Gasteiger partial charge on any atom is 0.169 e. The van der Waals surface area contributed by atoms with Crippen molar-refractivity contribution in [3.8, 4) is 0 Å². The zero-order valence-electron chi connectivity index (χ0n) is 11.4. The molecule has 1 fully saturated rings. The van der Waals surface area contributed by atoms with Gasteiger partial charge in [0.15, 0.2) is 11.0 Å². The first-order valence-corrected chi connectivity index (χ1v) is 6.82. The third kappa shape index (κ3) is 3.32. The van der Waals surface area contributed by atoms with Gasteiger partial charge in [0.05, 0.1) is 11.8 Å². The predicted octanol–water partition coefficient (Wildman–Crippen LogP) is 1.96. The number of pyridine rings is 1. The highest BCUT2D eigenvalue weighted by Crippen LogP contribution is 2.21. The summed E-state index contributed by atoms with van der Waals surface area (Å²) < 4.78 is 14.0. The van der Waals surface area contributed by atoms with Crippen LogP contribution < -0.4 is 10.7 Å². The first-order chi connectivity index (χ1) is 9.54. The fourth-order valence-electron chi connectivity index (χ4n) is 1.92. The lowest BCUT2D eigenvalue weighted by Gasteiger charge is -2.17. The third-order valence-electron chi connectivity index (χ3n) is 3.08. The molecule has 1 aromatic heterocycles. The van der Waals surface area contributed by atoms with E-state index in [2.05, 4.69) is 20.8 Å². The quantitative estimate of drug-likeness (QED) is 0.427. The molecule has 0 aliphatic heterocycles. The summed E-state index contributed by atoms with van der Waals surface area (Å²) in [5.74, 6) is -0.693. The Balaban J connectivity index is 2.26. The summed E-state index contributed by atoms with van der Waals surface area (Å²) in [5, 5.41) is 15.4. The first-order valence-electron chi connectivity index (χ1n) is 6.44. The highest BCUT2D eigenvalue weighted by molar-refractivity contribution is 6.49. The van der Waals surface area contributed by atoms with E-state index in [1.807, 2.05) is 6.92 Å². The Morgan fingerprint density at radius 2 is 2.30 bits per heavy atom. The molecule has 3 N–H and O–H groups in total. The fourth-order valence-corrected chi connectivity index (χ4v) is 2.08. The maximum atomic E-state index is 14.0. The third-order valence-corrected chi connectivity index (χ3v) is 3.34. The van der Waals surface area contributed by atoms with Crippen LogP contribution >= 0.6 is 11.6 Å². The Morgan fingerprint density at radius 1 is 1.60 bits per heavy atom. The molecule has 2 rings (SSSR count). The molecule has 20 heavy (non-hydrogen) atoms. The first kappa shape index (κ1) is 14.9. The van der Waals surface area contributed by atoms with Gasteiger partial charge < -0.3 is 10.7 Å². The maximum absolute atomic E-state index is 14.0. The molecule has 0 amide bonds. The molecular formula is C13H17ClFN5. The van der Waals surface area contributed by atoms with Crippen LogP contribution in [0, 0.1) is 11.2 Å². The summed E-state index contributed by atoms with van der Waals surface area (Å²) in [6, 6.07) is 1.75. The molecule has 1 aliphatic rings. The largest absolute Gasteiger partial charge is 0.313 e. The number of hydrogen-bond donors (Lipinski definition) is 3. The van der Waals surface area contributed by atoms with Crippen molar-refractivity contribution in [3.05, 3.63) is 28.8 Å². The highest BCUT2D eigenvalue weighted by Gasteiger charge is 2.27. The van der Waals surface area contributed by atoms with E-state index in [1.54, 1.807) is 7.05 Å². The van der Waals surface area contributed by atoms with E-state index < -0.39 is 5.82 Å². The van der Waals surface area contributed by atoms with Crippen molar-refractivity contribution >= 4 is 23.0 Å². The van der Waals surface area contributed by atoms with Crippen LogP contribution in [0.25, 0.3) is 0 Å². The molecule has 0 radical (unpaired) electrons. The van der Waals surface area contributed by atoms with Gasteiger partial charge in [-0.3, -0.25) is 5.41 Å². The Labute approximate surface area is 122 Å². The normalized spacial score (nSPS) is 16.9. The van der Waals surface area contributed by atoms with Crippen LogP contribution in [-0.4, -0.2) is 35.5 Å². The van der Waals surface area contributed by atoms with Gasteiger partial charge in [-0.1, -0.05) is 11.6 Å². The molecule has 0 spiro atoms. The minimum Gasteiger partial charge on any atom is -0.313 e. The van der Waals surface area contributed by atoms with Crippen molar-refractivity contribution in [2.45, 2.75) is 31.8 Å². The van der Waals surface area contributed by atoms with Gasteiger partial charge in [0.2, 0.25) is 0 Å². The minimum absolute atomic E-state index is 0.00167. The van der Waals surface area contributed by atoms with E-state index in [-0.39, 0.29) is 22.5 Å². The van der Waals surface area contributed by atoms with E-state index in [1.165, 1.54) is 12.3 Å². The van der Waals surface area contributed by atoms with Gasteiger partial charge in [-0.2, -0.15) is 5.10 Å². The molecule has 0 aromatic carbocycles. The summed E-state index contributed by atoms with van der Waals surface area (Å²) in [5.41, 5.74) is 3.21. The molecule has 1 saturated carbocycles. The lowest BCUT2D eigenvalue weighted by atomic mass is 10.0. The topological polar surface area (TPSA) is 73.2 Å². The molecule has 0 bridgehead atoms. The van der Waals surface area contributed by atoms with Crippen molar-refractivity contribution in [2.75, 3.05) is 7.05 Å². The molecule has 1 aromatic rings. The van der Waals surface area contributed by atoms with Gasteiger partial charge in [-0.15, -0.1) is 0 Å². The van der Waals surface area contributed by atoms with Gasteiger partial charge in [-0.05, 0) is 25.8 Å². The van der Waals surface area contributed by atoms with E-state index >= 15 is 0 Å². The standard InChI is InChI=1S/C13H17ClFN5/c1-7(19-8-3-4-8)12(20-17-2)11(16)9-5-6-18-13(14)10(9)15/h5-8,16-17,19H,3-4H2,1-2H3/b16-11?,20-12-. The van der Waals surface area contributed by atoms with E-state index in [4.69, 9.17) is 17.0 Å². The summed E-state index contributed by atoms with van der Waals surface area (Å²) in [4.78, 5) is 3.65. The van der Waals surface area contributed by atoms with Crippen LogP contribution in [0.15, 0.2) is 17.4 Å². The number of hydrazone groups is 1. The van der Waals surface area contributed by atoms with E-state index in [0.29, 0.717) is 11.8 Å². The van der Waals surface area contributed by atoms with Crippen LogP contribution in [0.4, 0.5) is 4.39 Å². The summed E-state index contributed by atoms with van der Waals surface area (Å²) >= 11 is 5.66. The van der Waals surface area contributed by atoms with Gasteiger partial charge in [-0.25, -0.2) is 9.37 Å². The number of halogens is 2. The summed E-state index contributed by atoms with van der Waals surface area (Å²) in [6.07, 6.45) is 3.63. The second-order valence-corrected chi connectivity index (χ2v) is 5.08. The summed E-state index contributed by atoms with van der Waals surface area (Å²) in [6.45, 7) is 1.91. The number of nitrogens with zero attached hydrogens (tertiary/aromatic N) is 2. The zero-order chi connectivity index (χ0) is 14.7. The molecule has 1 atom stereocenters. The van der Waals surface area contributed by atoms with Crippen molar-refractivity contribution in [1.29, 1.82) is 5.41 Å². The highest BCUT2D eigenvalue weighted by atomic mass is 35.5. The average Bonchev–Trinajstić information content (AvgIpc) is 3.22. The molecule has 1 unspecified atom stereocenters. The van der Waals surface area contributed by atoms with Crippen LogP contribution in [-0.2, 0) is 0 Å². The Morgan fingerprint density at radius 3 is 2.90 bits per heavy atom. The molecule has 108 valence electrons. The lowest BCUT2D eigenvalue weighted by molar-refractivity contribution is 0.618. The van der Waals surface area contributed by atoms with Crippen molar-refractivity contribution in [1.82, 2.24) is 15.7 Å². The number of rotatable bonds is 6. The van der Waals surface area contributed by atoms with Crippen molar-refractivity contribution in [3.63, 3.8) is 0 Å². The van der Waals surface area contributed by atoms with Crippen molar-refractivity contribution < 1.29 is 4.39 Å². The molecule has 1 aliphatic carbocycles. The van der Waals surface area contributed by atoms with Crippen LogP contribution in [0.5, 0.6) is 0 Å². The van der Waals surface area contributed by atoms with Gasteiger partial charge >= 0.3 is 0 Å². The Kier molecular flexibility index (Phi) is 4.67. The van der Waals surface area contributed by atoms with E-state index in [0.717, 1.165) is 12.8 Å². The Bertz CT molecular complexity index is 542. The minimum atomic E-state index is -0.693. The van der Waals surface area contributed by atoms with Crippen LogP contribution in [0.3, 0.4) is 0 Å². The monoisotopic (exact) mass is 297 g/mol. The number of hydrogen-bond acceptors (Lipinski definition) is 5. The molecule has 1 heterocycles. The molecule has 0 saturated heterocycles. The van der Waals surface area contributed by atoms with Crippen LogP contribution in [0.1, 0.15) is 25.3 Å². The molecule has 7 heteroatoms. The fraction of sp³-hybridized carbons (Fsp3) is 0.462.